The number of anilines is 1. The van der Waals surface area contributed by atoms with Crippen LogP contribution in [0, 0.1) is 18.3 Å². The Hall–Kier alpha value is -2.30. The Morgan fingerprint density at radius 2 is 2.22 bits per heavy atom. The molecule has 0 aliphatic carbocycles. The van der Waals surface area contributed by atoms with E-state index in [2.05, 4.69) is 10.1 Å². The van der Waals surface area contributed by atoms with E-state index < -0.39 is 24.1 Å². The van der Waals surface area contributed by atoms with Crippen LogP contribution in [0.25, 0.3) is 0 Å². The summed E-state index contributed by atoms with van der Waals surface area (Å²) in [6, 6.07) is 3.45. The number of aliphatic hydroxyl groups excluding tert-OH is 1. The van der Waals surface area contributed by atoms with Gasteiger partial charge in [-0.1, -0.05) is 11.6 Å². The van der Waals surface area contributed by atoms with Gasteiger partial charge in [-0.3, -0.25) is 0 Å². The number of carbonyl (C=O) groups is 2. The number of likely N-dealkylation sites (tertiary alicyclic amines) is 1. The van der Waals surface area contributed by atoms with Gasteiger partial charge in [-0.15, -0.1) is 0 Å². The highest BCUT2D eigenvalue weighted by molar-refractivity contribution is 6.33. The average molecular weight is 338 g/mol. The molecule has 8 heteroatoms. The molecular weight excluding hydrogens is 322 g/mol. The minimum absolute atomic E-state index is 0.232. The van der Waals surface area contributed by atoms with Crippen LogP contribution in [0.2, 0.25) is 5.02 Å². The second-order valence-corrected chi connectivity index (χ2v) is 5.54. The molecule has 7 nitrogen and oxygen atoms in total. The van der Waals surface area contributed by atoms with E-state index in [9.17, 15) is 14.7 Å². The number of methoxy groups -OCH3 is 1. The fourth-order valence-corrected chi connectivity index (χ4v) is 2.71. The molecule has 1 heterocycles. The van der Waals surface area contributed by atoms with Crippen molar-refractivity contribution < 1.29 is 19.4 Å². The van der Waals surface area contributed by atoms with Gasteiger partial charge in [0.05, 0.1) is 23.8 Å². The molecule has 122 valence electrons. The summed E-state index contributed by atoms with van der Waals surface area (Å²) in [6.45, 7) is 1.91. The monoisotopic (exact) mass is 337 g/mol. The lowest BCUT2D eigenvalue weighted by Crippen LogP contribution is -2.47. The molecule has 2 unspecified atom stereocenters. The predicted molar refractivity (Wildman–Crippen MR) is 83.1 cm³/mol. The number of amides is 2. The maximum absolute atomic E-state index is 12.4. The normalized spacial score (nSPS) is 20.0. The molecule has 0 radical (unpaired) electrons. The number of urea groups is 1. The third-order valence-electron chi connectivity index (χ3n) is 3.82. The Labute approximate surface area is 138 Å². The summed E-state index contributed by atoms with van der Waals surface area (Å²) in [5, 5.41) is 21.7. The highest BCUT2D eigenvalue weighted by atomic mass is 35.5. The highest BCUT2D eigenvalue weighted by Gasteiger charge is 2.42. The standard InChI is InChI=1S/C15H16ClN3O4/c1-8-10(4-3-9(7-17)12(8)16)18-15(22)19-6-5-11(20)13(19)14(21)23-2/h3-4,11,13,20H,5-6H2,1-2H3,(H,18,22). The number of hydrogen-bond donors (Lipinski definition) is 2. The molecule has 1 aromatic carbocycles. The van der Waals surface area contributed by atoms with Gasteiger partial charge in [0, 0.05) is 12.2 Å². The molecule has 2 rings (SSSR count). The summed E-state index contributed by atoms with van der Waals surface area (Å²) in [5.41, 5.74) is 1.30. The van der Waals surface area contributed by atoms with Crippen LogP contribution in [-0.4, -0.2) is 47.8 Å². The smallest absolute Gasteiger partial charge is 0.331 e. The lowest BCUT2D eigenvalue weighted by atomic mass is 10.1. The second-order valence-electron chi connectivity index (χ2n) is 5.16. The number of aliphatic hydroxyl groups is 1. The van der Waals surface area contributed by atoms with Gasteiger partial charge in [-0.2, -0.15) is 5.26 Å². The lowest BCUT2D eigenvalue weighted by molar-refractivity contribution is -0.147. The number of benzene rings is 1. The van der Waals surface area contributed by atoms with Crippen LogP contribution in [0.4, 0.5) is 10.5 Å². The first-order valence-electron chi connectivity index (χ1n) is 6.93. The molecule has 23 heavy (non-hydrogen) atoms. The highest BCUT2D eigenvalue weighted by Crippen LogP contribution is 2.28. The van der Waals surface area contributed by atoms with E-state index in [1.807, 2.05) is 6.07 Å². The predicted octanol–water partition coefficient (Wildman–Crippen LogP) is 1.66. The average Bonchev–Trinajstić information content (AvgIpc) is 2.93. The largest absolute Gasteiger partial charge is 0.467 e. The lowest BCUT2D eigenvalue weighted by Gasteiger charge is -2.24. The number of carbonyl (C=O) groups excluding carboxylic acids is 2. The Kier molecular flexibility index (Phi) is 5.08. The third kappa shape index (κ3) is 3.23. The van der Waals surface area contributed by atoms with Crippen molar-refractivity contribution in [2.75, 3.05) is 19.0 Å². The molecule has 1 aliphatic rings. The number of halogens is 1. The van der Waals surface area contributed by atoms with Gasteiger partial charge in [-0.25, -0.2) is 9.59 Å². The Balaban J connectivity index is 2.21. The summed E-state index contributed by atoms with van der Waals surface area (Å²) < 4.78 is 4.63. The van der Waals surface area contributed by atoms with Crippen molar-refractivity contribution in [3.63, 3.8) is 0 Å². The summed E-state index contributed by atoms with van der Waals surface area (Å²) in [6.07, 6.45) is -0.667. The van der Waals surface area contributed by atoms with Crippen LogP contribution in [0.5, 0.6) is 0 Å². The first-order chi connectivity index (χ1) is 10.9. The van der Waals surface area contributed by atoms with Gasteiger partial charge in [0.1, 0.15) is 6.07 Å². The molecule has 1 fully saturated rings. The summed E-state index contributed by atoms with van der Waals surface area (Å²) in [5.74, 6) is -0.667. The van der Waals surface area contributed by atoms with Gasteiger partial charge in [-0.05, 0) is 31.0 Å². The van der Waals surface area contributed by atoms with E-state index in [-0.39, 0.29) is 11.6 Å². The Morgan fingerprint density at radius 1 is 1.52 bits per heavy atom. The second kappa shape index (κ2) is 6.86. The van der Waals surface area contributed by atoms with Gasteiger partial charge < -0.3 is 20.1 Å². The minimum Gasteiger partial charge on any atom is -0.467 e. The first kappa shape index (κ1) is 17.1. The Bertz CT molecular complexity index is 686. The number of nitriles is 1. The number of nitrogens with zero attached hydrogens (tertiary/aromatic N) is 2. The molecule has 2 N–H and O–H groups in total. The Morgan fingerprint density at radius 3 is 2.83 bits per heavy atom. The van der Waals surface area contributed by atoms with E-state index in [0.717, 1.165) is 0 Å². The number of rotatable bonds is 2. The van der Waals surface area contributed by atoms with Gasteiger partial charge in [0.15, 0.2) is 6.04 Å². The molecule has 0 spiro atoms. The SMILES string of the molecule is COC(=O)C1C(O)CCN1C(=O)Nc1ccc(C#N)c(Cl)c1C. The quantitative estimate of drug-likeness (QED) is 0.799. The minimum atomic E-state index is -1.03. The zero-order valence-corrected chi connectivity index (χ0v) is 13.4. The van der Waals surface area contributed by atoms with Crippen LogP contribution in [0.3, 0.4) is 0 Å². The molecule has 2 amide bonds. The molecule has 0 saturated carbocycles. The summed E-state index contributed by atoms with van der Waals surface area (Å²) in [4.78, 5) is 25.4. The molecule has 1 aromatic rings. The molecule has 1 saturated heterocycles. The van der Waals surface area contributed by atoms with E-state index >= 15 is 0 Å². The van der Waals surface area contributed by atoms with Crippen molar-refractivity contribution in [3.05, 3.63) is 28.3 Å². The fraction of sp³-hybridized carbons (Fsp3) is 0.400. The van der Waals surface area contributed by atoms with Gasteiger partial charge in [0.2, 0.25) is 0 Å². The molecular formula is C15H16ClN3O4. The van der Waals surface area contributed by atoms with E-state index in [4.69, 9.17) is 16.9 Å². The zero-order valence-electron chi connectivity index (χ0n) is 12.7. The van der Waals surface area contributed by atoms with Crippen molar-refractivity contribution in [2.24, 2.45) is 0 Å². The summed E-state index contributed by atoms with van der Waals surface area (Å²) in [7, 11) is 1.20. The van der Waals surface area contributed by atoms with Crippen LogP contribution >= 0.6 is 11.6 Å². The number of ether oxygens (including phenoxy) is 1. The first-order valence-corrected chi connectivity index (χ1v) is 7.31. The van der Waals surface area contributed by atoms with Crippen molar-refractivity contribution in [1.29, 1.82) is 5.26 Å². The van der Waals surface area contributed by atoms with Crippen molar-refractivity contribution in [2.45, 2.75) is 25.5 Å². The molecule has 2 atom stereocenters. The molecule has 1 aliphatic heterocycles. The van der Waals surface area contributed by atoms with Crippen LogP contribution in [0.1, 0.15) is 17.5 Å². The topological polar surface area (TPSA) is 103 Å². The molecule has 0 aromatic heterocycles. The van der Waals surface area contributed by atoms with E-state index in [1.54, 1.807) is 13.0 Å². The number of hydrogen-bond acceptors (Lipinski definition) is 5. The fourth-order valence-electron chi connectivity index (χ4n) is 2.50. The van der Waals surface area contributed by atoms with Crippen molar-refractivity contribution in [3.8, 4) is 6.07 Å². The van der Waals surface area contributed by atoms with Gasteiger partial charge in [0.25, 0.3) is 0 Å². The number of nitrogens with one attached hydrogen (secondary N) is 1. The maximum atomic E-state index is 12.4. The van der Waals surface area contributed by atoms with E-state index in [1.165, 1.54) is 18.1 Å². The van der Waals surface area contributed by atoms with Crippen molar-refractivity contribution in [1.82, 2.24) is 4.90 Å². The summed E-state index contributed by atoms with van der Waals surface area (Å²) >= 11 is 6.06. The van der Waals surface area contributed by atoms with E-state index in [0.29, 0.717) is 23.2 Å². The van der Waals surface area contributed by atoms with Crippen molar-refractivity contribution >= 4 is 29.3 Å². The van der Waals surface area contributed by atoms with Crippen LogP contribution in [-0.2, 0) is 9.53 Å². The zero-order chi connectivity index (χ0) is 17.1. The van der Waals surface area contributed by atoms with Gasteiger partial charge >= 0.3 is 12.0 Å². The maximum Gasteiger partial charge on any atom is 0.331 e. The molecule has 0 bridgehead atoms. The third-order valence-corrected chi connectivity index (χ3v) is 4.31. The van der Waals surface area contributed by atoms with Crippen LogP contribution < -0.4 is 5.32 Å². The number of esters is 1. The van der Waals surface area contributed by atoms with Crippen LogP contribution in [0.15, 0.2) is 12.1 Å².